The molecular formula is C12H18N2O2. The summed E-state index contributed by atoms with van der Waals surface area (Å²) in [5.41, 5.74) is 0.737. The smallest absolute Gasteiger partial charge is 0.216 e. The van der Waals surface area contributed by atoms with Gasteiger partial charge in [-0.2, -0.15) is 0 Å². The van der Waals surface area contributed by atoms with Gasteiger partial charge in [-0.3, -0.25) is 4.79 Å². The summed E-state index contributed by atoms with van der Waals surface area (Å²) in [6.07, 6.45) is 1.44. The van der Waals surface area contributed by atoms with Gasteiger partial charge in [0.25, 0.3) is 0 Å². The van der Waals surface area contributed by atoms with Gasteiger partial charge in [0.05, 0.1) is 18.2 Å². The number of aromatic nitrogens is 2. The number of Topliss-reactive ketones (excluding diaryl/α,β-unsaturated/α-hetero) is 1. The first kappa shape index (κ1) is 12.6. The van der Waals surface area contributed by atoms with E-state index in [0.29, 0.717) is 12.5 Å². The van der Waals surface area contributed by atoms with Crippen LogP contribution in [0, 0.1) is 5.92 Å². The molecule has 0 N–H and O–H groups in total. The van der Waals surface area contributed by atoms with Crippen LogP contribution in [0.5, 0.6) is 5.88 Å². The molecule has 1 heterocycles. The fourth-order valence-electron chi connectivity index (χ4n) is 1.77. The van der Waals surface area contributed by atoms with E-state index in [-0.39, 0.29) is 17.6 Å². The number of rotatable bonds is 5. The summed E-state index contributed by atoms with van der Waals surface area (Å²) < 4.78 is 5.29. The molecule has 0 saturated carbocycles. The Morgan fingerprint density at radius 2 is 2.12 bits per heavy atom. The predicted molar refractivity (Wildman–Crippen MR) is 61.5 cm³/mol. The minimum atomic E-state index is -0.179. The monoisotopic (exact) mass is 222 g/mol. The average molecular weight is 222 g/mol. The van der Waals surface area contributed by atoms with E-state index < -0.39 is 0 Å². The number of hydrogen-bond acceptors (Lipinski definition) is 4. The van der Waals surface area contributed by atoms with Crippen molar-refractivity contribution in [1.29, 1.82) is 0 Å². The van der Waals surface area contributed by atoms with Gasteiger partial charge < -0.3 is 4.74 Å². The van der Waals surface area contributed by atoms with Crippen molar-refractivity contribution in [1.82, 2.24) is 9.97 Å². The third-order valence-electron chi connectivity index (χ3n) is 2.38. The molecule has 0 aliphatic carbocycles. The molecule has 1 rings (SSSR count). The highest BCUT2D eigenvalue weighted by Crippen LogP contribution is 2.25. The number of carbonyl (C=O) groups excluding carboxylic acids is 1. The first-order chi connectivity index (χ1) is 7.56. The van der Waals surface area contributed by atoms with E-state index in [1.165, 1.54) is 6.33 Å². The summed E-state index contributed by atoms with van der Waals surface area (Å²) in [5.74, 6) is 0.694. The van der Waals surface area contributed by atoms with Crippen molar-refractivity contribution in [3.63, 3.8) is 0 Å². The molecule has 88 valence electrons. The van der Waals surface area contributed by atoms with Gasteiger partial charge >= 0.3 is 0 Å². The zero-order valence-electron chi connectivity index (χ0n) is 10.2. The lowest BCUT2D eigenvalue weighted by atomic mass is 9.89. The largest absolute Gasteiger partial charge is 0.478 e. The molecule has 0 spiro atoms. The van der Waals surface area contributed by atoms with Crippen molar-refractivity contribution < 1.29 is 9.53 Å². The molecule has 0 saturated heterocycles. The lowest BCUT2D eigenvalue weighted by Gasteiger charge is -2.17. The summed E-state index contributed by atoms with van der Waals surface area (Å²) in [6, 6.07) is 1.75. The molecule has 0 amide bonds. The maximum Gasteiger partial charge on any atom is 0.216 e. The standard InChI is InChI=1S/C12H18N2O2/c1-5-16-11-6-10(13-7-14-11)12(8(2)3)9(4)15/h6-8,12H,5H2,1-4H3. The summed E-state index contributed by atoms with van der Waals surface area (Å²) in [4.78, 5) is 19.7. The van der Waals surface area contributed by atoms with Crippen LogP contribution in [0.3, 0.4) is 0 Å². The molecule has 0 radical (unpaired) electrons. The van der Waals surface area contributed by atoms with Gasteiger partial charge in [-0.05, 0) is 19.8 Å². The lowest BCUT2D eigenvalue weighted by Crippen LogP contribution is -2.17. The van der Waals surface area contributed by atoms with E-state index in [4.69, 9.17) is 4.74 Å². The minimum Gasteiger partial charge on any atom is -0.478 e. The van der Waals surface area contributed by atoms with E-state index in [9.17, 15) is 4.79 Å². The summed E-state index contributed by atoms with van der Waals surface area (Å²) in [6.45, 7) is 8.06. The molecule has 16 heavy (non-hydrogen) atoms. The number of ketones is 1. The Morgan fingerprint density at radius 1 is 1.44 bits per heavy atom. The van der Waals surface area contributed by atoms with E-state index in [1.54, 1.807) is 13.0 Å². The fourth-order valence-corrected chi connectivity index (χ4v) is 1.77. The van der Waals surface area contributed by atoms with Crippen LogP contribution in [0.2, 0.25) is 0 Å². The molecule has 4 heteroatoms. The van der Waals surface area contributed by atoms with Crippen LogP contribution in [0.1, 0.15) is 39.3 Å². The number of carbonyl (C=O) groups is 1. The van der Waals surface area contributed by atoms with Crippen LogP contribution < -0.4 is 4.74 Å². The molecule has 4 nitrogen and oxygen atoms in total. The number of hydrogen-bond donors (Lipinski definition) is 0. The summed E-state index contributed by atoms with van der Waals surface area (Å²) in [5, 5.41) is 0. The topological polar surface area (TPSA) is 52.1 Å². The van der Waals surface area contributed by atoms with Gasteiger partial charge in [-0.25, -0.2) is 9.97 Å². The molecule has 0 bridgehead atoms. The van der Waals surface area contributed by atoms with E-state index >= 15 is 0 Å². The Labute approximate surface area is 96.1 Å². The third-order valence-corrected chi connectivity index (χ3v) is 2.38. The molecular weight excluding hydrogens is 204 g/mol. The van der Waals surface area contributed by atoms with Crippen LogP contribution in [-0.4, -0.2) is 22.4 Å². The highest BCUT2D eigenvalue weighted by Gasteiger charge is 2.22. The van der Waals surface area contributed by atoms with Gasteiger partial charge in [0.1, 0.15) is 12.1 Å². The Hall–Kier alpha value is -1.45. The van der Waals surface area contributed by atoms with Crippen LogP contribution in [0.15, 0.2) is 12.4 Å². The van der Waals surface area contributed by atoms with Crippen LogP contribution in [0.4, 0.5) is 0 Å². The minimum absolute atomic E-state index is 0.121. The molecule has 1 aromatic heterocycles. The molecule has 1 atom stereocenters. The Kier molecular flexibility index (Phi) is 4.40. The maximum absolute atomic E-state index is 11.6. The molecule has 0 aliphatic rings. The van der Waals surface area contributed by atoms with Crippen molar-refractivity contribution in [3.8, 4) is 5.88 Å². The Bertz CT molecular complexity index is 364. The van der Waals surface area contributed by atoms with Crippen molar-refractivity contribution in [2.45, 2.75) is 33.6 Å². The highest BCUT2D eigenvalue weighted by molar-refractivity contribution is 5.83. The molecule has 0 aliphatic heterocycles. The fraction of sp³-hybridized carbons (Fsp3) is 0.583. The predicted octanol–water partition coefficient (Wildman–Crippen LogP) is 2.20. The second-order valence-corrected chi connectivity index (χ2v) is 4.05. The third kappa shape index (κ3) is 3.02. The van der Waals surface area contributed by atoms with Gasteiger partial charge in [-0.1, -0.05) is 13.8 Å². The van der Waals surface area contributed by atoms with Crippen LogP contribution in [0.25, 0.3) is 0 Å². The number of nitrogens with zero attached hydrogens (tertiary/aromatic N) is 2. The SMILES string of the molecule is CCOc1cc(C(C(C)=O)C(C)C)ncn1. The zero-order valence-corrected chi connectivity index (χ0v) is 10.2. The number of ether oxygens (including phenoxy) is 1. The van der Waals surface area contributed by atoms with E-state index in [1.807, 2.05) is 20.8 Å². The van der Waals surface area contributed by atoms with Gasteiger partial charge in [0.15, 0.2) is 0 Å². The molecule has 0 fully saturated rings. The molecule has 1 aromatic rings. The van der Waals surface area contributed by atoms with Crippen LogP contribution in [-0.2, 0) is 4.79 Å². The maximum atomic E-state index is 11.6. The van der Waals surface area contributed by atoms with Crippen molar-refractivity contribution in [2.24, 2.45) is 5.92 Å². The average Bonchev–Trinajstić information content (AvgIpc) is 2.17. The second kappa shape index (κ2) is 5.58. The second-order valence-electron chi connectivity index (χ2n) is 4.05. The summed E-state index contributed by atoms with van der Waals surface area (Å²) >= 11 is 0. The van der Waals surface area contributed by atoms with E-state index in [2.05, 4.69) is 9.97 Å². The van der Waals surface area contributed by atoms with Crippen molar-refractivity contribution in [3.05, 3.63) is 18.1 Å². The van der Waals surface area contributed by atoms with Gasteiger partial charge in [-0.15, -0.1) is 0 Å². The van der Waals surface area contributed by atoms with Crippen molar-refractivity contribution in [2.75, 3.05) is 6.61 Å². The van der Waals surface area contributed by atoms with Crippen LogP contribution >= 0.6 is 0 Å². The summed E-state index contributed by atoms with van der Waals surface area (Å²) in [7, 11) is 0. The lowest BCUT2D eigenvalue weighted by molar-refractivity contribution is -0.119. The van der Waals surface area contributed by atoms with Gasteiger partial charge in [0.2, 0.25) is 5.88 Å². The first-order valence-electron chi connectivity index (χ1n) is 5.51. The first-order valence-corrected chi connectivity index (χ1v) is 5.51. The molecule has 1 unspecified atom stereocenters. The highest BCUT2D eigenvalue weighted by atomic mass is 16.5. The van der Waals surface area contributed by atoms with Gasteiger partial charge in [0, 0.05) is 6.07 Å². The van der Waals surface area contributed by atoms with Crippen molar-refractivity contribution >= 4 is 5.78 Å². The quantitative estimate of drug-likeness (QED) is 0.766. The Morgan fingerprint density at radius 3 is 2.62 bits per heavy atom. The normalized spacial score (nSPS) is 12.6. The Balaban J connectivity index is 3.00. The molecule has 0 aromatic carbocycles. The zero-order chi connectivity index (χ0) is 12.1. The van der Waals surface area contributed by atoms with E-state index in [0.717, 1.165) is 5.69 Å².